The fourth-order valence-electron chi connectivity index (χ4n) is 1.92. The molecule has 3 rings (SSSR count). The largest absolute Gasteiger partial charge is 0.487 e. The molecule has 0 spiro atoms. The highest BCUT2D eigenvalue weighted by molar-refractivity contribution is 7.13. The van der Waals surface area contributed by atoms with Crippen LogP contribution in [0.15, 0.2) is 53.9 Å². The maximum absolute atomic E-state index is 12.9. The topological polar surface area (TPSA) is 65.3 Å². The molecule has 0 N–H and O–H groups in total. The molecule has 0 saturated heterocycles. The van der Waals surface area contributed by atoms with E-state index in [4.69, 9.17) is 4.74 Å². The Morgan fingerprint density at radius 1 is 1.13 bits per heavy atom. The van der Waals surface area contributed by atoms with Crippen LogP contribution in [-0.4, -0.2) is 9.91 Å². The molecule has 1 heterocycles. The van der Waals surface area contributed by atoms with Crippen molar-refractivity contribution in [1.82, 2.24) is 4.98 Å². The van der Waals surface area contributed by atoms with E-state index in [-0.39, 0.29) is 18.1 Å². The van der Waals surface area contributed by atoms with Gasteiger partial charge in [-0.2, -0.15) is 0 Å². The van der Waals surface area contributed by atoms with Crippen LogP contribution in [0.2, 0.25) is 0 Å². The first kappa shape index (κ1) is 15.1. The van der Waals surface area contributed by atoms with Gasteiger partial charge in [0.15, 0.2) is 0 Å². The Labute approximate surface area is 135 Å². The molecule has 0 aliphatic heterocycles. The van der Waals surface area contributed by atoms with E-state index in [0.717, 1.165) is 16.3 Å². The van der Waals surface area contributed by atoms with Crippen molar-refractivity contribution in [1.29, 1.82) is 0 Å². The molecule has 7 heteroatoms. The minimum absolute atomic E-state index is 0.0182. The Kier molecular flexibility index (Phi) is 4.29. The van der Waals surface area contributed by atoms with E-state index in [0.29, 0.717) is 5.75 Å². The highest BCUT2D eigenvalue weighted by Gasteiger charge is 2.07. The molecule has 0 aliphatic carbocycles. The van der Waals surface area contributed by atoms with Gasteiger partial charge in [-0.3, -0.25) is 10.1 Å². The highest BCUT2D eigenvalue weighted by atomic mass is 32.1. The molecule has 0 unspecified atom stereocenters. The summed E-state index contributed by atoms with van der Waals surface area (Å²) in [7, 11) is 0. The van der Waals surface area contributed by atoms with Crippen LogP contribution in [0, 0.1) is 15.9 Å². The van der Waals surface area contributed by atoms with E-state index in [1.165, 1.54) is 35.6 Å². The number of aromatic nitrogens is 1. The molecule has 3 aromatic rings. The molecular formula is C16H11FN2O3S. The third-order valence-electron chi connectivity index (χ3n) is 3.08. The monoisotopic (exact) mass is 330 g/mol. The number of nitro benzene ring substituents is 1. The van der Waals surface area contributed by atoms with Gasteiger partial charge in [-0.25, -0.2) is 9.37 Å². The number of benzene rings is 2. The molecule has 5 nitrogen and oxygen atoms in total. The lowest BCUT2D eigenvalue weighted by Gasteiger charge is -2.03. The van der Waals surface area contributed by atoms with Crippen molar-refractivity contribution in [2.45, 2.75) is 6.61 Å². The van der Waals surface area contributed by atoms with Crippen molar-refractivity contribution >= 4 is 17.0 Å². The van der Waals surface area contributed by atoms with Gasteiger partial charge in [0.1, 0.15) is 23.2 Å². The molecule has 0 radical (unpaired) electrons. The van der Waals surface area contributed by atoms with Crippen LogP contribution in [-0.2, 0) is 6.61 Å². The Bertz CT molecular complexity index is 816. The first-order valence-electron chi connectivity index (χ1n) is 6.69. The van der Waals surface area contributed by atoms with Gasteiger partial charge < -0.3 is 4.74 Å². The van der Waals surface area contributed by atoms with Gasteiger partial charge >= 0.3 is 0 Å². The number of hydrogen-bond acceptors (Lipinski definition) is 5. The average molecular weight is 330 g/mol. The van der Waals surface area contributed by atoms with E-state index in [2.05, 4.69) is 4.98 Å². The molecule has 1 aromatic heterocycles. The summed E-state index contributed by atoms with van der Waals surface area (Å²) >= 11 is 1.45. The van der Waals surface area contributed by atoms with E-state index < -0.39 is 4.92 Å². The maximum atomic E-state index is 12.9. The molecular weight excluding hydrogens is 319 g/mol. The molecule has 0 amide bonds. The standard InChI is InChI=1S/C16H11FN2O3S/c17-12-3-1-11(2-4-12)16-18-13(10-23-16)9-22-15-7-5-14(6-8-15)19(20)21/h1-8,10H,9H2. The van der Waals surface area contributed by atoms with Gasteiger partial charge in [0, 0.05) is 23.1 Å². The van der Waals surface area contributed by atoms with Crippen LogP contribution in [0.3, 0.4) is 0 Å². The van der Waals surface area contributed by atoms with Crippen molar-refractivity contribution in [3.05, 3.63) is 75.5 Å². The van der Waals surface area contributed by atoms with Gasteiger partial charge in [0.05, 0.1) is 10.6 Å². The van der Waals surface area contributed by atoms with Gasteiger partial charge in [0.25, 0.3) is 5.69 Å². The molecule has 0 fully saturated rings. The molecule has 0 atom stereocenters. The van der Waals surface area contributed by atoms with Crippen LogP contribution in [0.25, 0.3) is 10.6 Å². The summed E-state index contributed by atoms with van der Waals surface area (Å²) in [6.07, 6.45) is 0. The molecule has 0 saturated carbocycles. The summed E-state index contributed by atoms with van der Waals surface area (Å²) in [6.45, 7) is 0.259. The van der Waals surface area contributed by atoms with Crippen LogP contribution < -0.4 is 4.74 Å². The predicted octanol–water partition coefficient (Wildman–Crippen LogP) is 4.44. The number of non-ortho nitro benzene ring substituents is 1. The lowest BCUT2D eigenvalue weighted by atomic mass is 10.2. The maximum Gasteiger partial charge on any atom is 0.269 e. The molecule has 116 valence electrons. The van der Waals surface area contributed by atoms with E-state index in [1.807, 2.05) is 5.38 Å². The smallest absolute Gasteiger partial charge is 0.269 e. The SMILES string of the molecule is O=[N+]([O-])c1ccc(OCc2csc(-c3ccc(F)cc3)n2)cc1. The summed E-state index contributed by atoms with van der Waals surface area (Å²) in [6, 6.07) is 12.0. The lowest BCUT2D eigenvalue weighted by Crippen LogP contribution is -1.96. The molecule has 0 bridgehead atoms. The van der Waals surface area contributed by atoms with Gasteiger partial charge in [-0.05, 0) is 36.4 Å². The van der Waals surface area contributed by atoms with Gasteiger partial charge in [-0.1, -0.05) is 0 Å². The Morgan fingerprint density at radius 3 is 2.48 bits per heavy atom. The summed E-state index contributed by atoms with van der Waals surface area (Å²) in [5.41, 5.74) is 1.61. The molecule has 23 heavy (non-hydrogen) atoms. The summed E-state index contributed by atoms with van der Waals surface area (Å²) in [5, 5.41) is 13.2. The molecule has 0 aliphatic rings. The lowest BCUT2D eigenvalue weighted by molar-refractivity contribution is -0.384. The van der Waals surface area contributed by atoms with Crippen molar-refractivity contribution < 1.29 is 14.1 Å². The Hall–Kier alpha value is -2.80. The minimum Gasteiger partial charge on any atom is -0.487 e. The second-order valence-electron chi connectivity index (χ2n) is 4.69. The normalized spacial score (nSPS) is 10.5. The fourth-order valence-corrected chi connectivity index (χ4v) is 2.73. The number of nitro groups is 1. The molecule has 2 aromatic carbocycles. The number of hydrogen-bond donors (Lipinski definition) is 0. The second-order valence-corrected chi connectivity index (χ2v) is 5.55. The first-order valence-corrected chi connectivity index (χ1v) is 7.57. The average Bonchev–Trinajstić information content (AvgIpc) is 3.03. The van der Waals surface area contributed by atoms with Crippen molar-refractivity contribution in [2.75, 3.05) is 0 Å². The zero-order valence-corrected chi connectivity index (χ0v) is 12.6. The first-order chi connectivity index (χ1) is 11.1. The van der Waals surface area contributed by atoms with Crippen LogP contribution in [0.1, 0.15) is 5.69 Å². The predicted molar refractivity (Wildman–Crippen MR) is 84.9 cm³/mol. The fraction of sp³-hybridized carbons (Fsp3) is 0.0625. The van der Waals surface area contributed by atoms with Gasteiger partial charge in [0.2, 0.25) is 0 Å². The van der Waals surface area contributed by atoms with Crippen LogP contribution in [0.4, 0.5) is 10.1 Å². The number of halogens is 1. The Morgan fingerprint density at radius 2 is 1.83 bits per heavy atom. The van der Waals surface area contributed by atoms with Gasteiger partial charge in [-0.15, -0.1) is 11.3 Å². The quantitative estimate of drug-likeness (QED) is 0.512. The third-order valence-corrected chi connectivity index (χ3v) is 4.02. The van der Waals surface area contributed by atoms with E-state index in [1.54, 1.807) is 24.3 Å². The van der Waals surface area contributed by atoms with E-state index >= 15 is 0 Å². The zero-order chi connectivity index (χ0) is 16.2. The number of nitrogens with zero attached hydrogens (tertiary/aromatic N) is 2. The van der Waals surface area contributed by atoms with Crippen LogP contribution in [0.5, 0.6) is 5.75 Å². The van der Waals surface area contributed by atoms with Crippen molar-refractivity contribution in [2.24, 2.45) is 0 Å². The van der Waals surface area contributed by atoms with E-state index in [9.17, 15) is 14.5 Å². The number of thiazole rings is 1. The summed E-state index contributed by atoms with van der Waals surface area (Å²) in [4.78, 5) is 14.6. The van der Waals surface area contributed by atoms with Crippen LogP contribution >= 0.6 is 11.3 Å². The summed E-state index contributed by atoms with van der Waals surface area (Å²) in [5.74, 6) is 0.249. The van der Waals surface area contributed by atoms with Crippen molar-refractivity contribution in [3.63, 3.8) is 0 Å². The minimum atomic E-state index is -0.459. The zero-order valence-electron chi connectivity index (χ0n) is 11.8. The second kappa shape index (κ2) is 6.53. The number of rotatable bonds is 5. The van der Waals surface area contributed by atoms with Crippen molar-refractivity contribution in [3.8, 4) is 16.3 Å². The highest BCUT2D eigenvalue weighted by Crippen LogP contribution is 2.25. The Balaban J connectivity index is 1.65. The number of ether oxygens (including phenoxy) is 1. The third kappa shape index (κ3) is 3.70. The summed E-state index contributed by atoms with van der Waals surface area (Å²) < 4.78 is 18.5.